The van der Waals surface area contributed by atoms with Crippen molar-refractivity contribution in [3.05, 3.63) is 156 Å². The van der Waals surface area contributed by atoms with Crippen molar-refractivity contribution in [1.82, 2.24) is 0 Å². The van der Waals surface area contributed by atoms with Crippen LogP contribution >= 0.6 is 0 Å². The molecule has 0 radical (unpaired) electrons. The molecule has 0 fully saturated rings. The maximum Gasteiger partial charge on any atom is -0.00139 e. The summed E-state index contributed by atoms with van der Waals surface area (Å²) in [6, 6.07) is 49.2. The molecule has 7 rings (SSSR count). The predicted molar refractivity (Wildman–Crippen MR) is 182 cm³/mol. The SMILES string of the molecule is Cc1ccccc1-c1ccc2c(-c3ccccc3C)c3c(-c4ccccc4C)c(-c4ccccc4C)ccc3cc2c1. The first kappa shape index (κ1) is 26.0. The fourth-order valence-corrected chi connectivity index (χ4v) is 6.65. The first-order valence-corrected chi connectivity index (χ1v) is 14.8. The number of hydrogen-bond acceptors (Lipinski definition) is 0. The van der Waals surface area contributed by atoms with Crippen LogP contribution in [0.25, 0.3) is 66.1 Å². The Labute approximate surface area is 248 Å². The van der Waals surface area contributed by atoms with Crippen molar-refractivity contribution in [3.8, 4) is 44.5 Å². The number of rotatable bonds is 4. The zero-order valence-electron chi connectivity index (χ0n) is 24.7. The summed E-state index contributed by atoms with van der Waals surface area (Å²) < 4.78 is 0. The van der Waals surface area contributed by atoms with E-state index in [1.807, 2.05) is 0 Å². The topological polar surface area (TPSA) is 0 Å². The Morgan fingerprint density at radius 3 is 1.40 bits per heavy atom. The van der Waals surface area contributed by atoms with Crippen LogP contribution in [0.5, 0.6) is 0 Å². The molecule has 0 heterocycles. The van der Waals surface area contributed by atoms with Gasteiger partial charge in [-0.15, -0.1) is 0 Å². The molecule has 0 spiro atoms. The lowest BCUT2D eigenvalue weighted by Crippen LogP contribution is -1.96. The molecule has 0 aromatic heterocycles. The minimum absolute atomic E-state index is 1.26. The van der Waals surface area contributed by atoms with E-state index in [0.717, 1.165) is 0 Å². The monoisotopic (exact) mass is 538 g/mol. The molecule has 42 heavy (non-hydrogen) atoms. The van der Waals surface area contributed by atoms with E-state index in [2.05, 4.69) is 161 Å². The van der Waals surface area contributed by atoms with Crippen LogP contribution in [-0.2, 0) is 0 Å². The minimum Gasteiger partial charge on any atom is -0.0620 e. The van der Waals surface area contributed by atoms with Crippen molar-refractivity contribution in [1.29, 1.82) is 0 Å². The summed E-state index contributed by atoms with van der Waals surface area (Å²) in [6.45, 7) is 8.89. The van der Waals surface area contributed by atoms with E-state index in [-0.39, 0.29) is 0 Å². The van der Waals surface area contributed by atoms with Gasteiger partial charge in [0.2, 0.25) is 0 Å². The Hall–Kier alpha value is -4.94. The molecule has 0 amide bonds. The maximum atomic E-state index is 2.40. The molecule has 0 N–H and O–H groups in total. The quantitative estimate of drug-likeness (QED) is 0.196. The molecule has 0 bridgehead atoms. The van der Waals surface area contributed by atoms with Crippen LogP contribution in [0.4, 0.5) is 0 Å². The van der Waals surface area contributed by atoms with Gasteiger partial charge in [0.1, 0.15) is 0 Å². The lowest BCUT2D eigenvalue weighted by Gasteiger charge is -2.22. The van der Waals surface area contributed by atoms with Crippen LogP contribution in [0, 0.1) is 27.7 Å². The average Bonchev–Trinajstić information content (AvgIpc) is 3.00. The molecule has 202 valence electrons. The first-order valence-electron chi connectivity index (χ1n) is 14.8. The third kappa shape index (κ3) is 4.32. The van der Waals surface area contributed by atoms with E-state index < -0.39 is 0 Å². The maximum absolute atomic E-state index is 2.40. The Kier molecular flexibility index (Phi) is 6.48. The molecule has 0 saturated carbocycles. The highest BCUT2D eigenvalue weighted by Gasteiger charge is 2.21. The van der Waals surface area contributed by atoms with E-state index in [9.17, 15) is 0 Å². The Bertz CT molecular complexity index is 2130. The highest BCUT2D eigenvalue weighted by atomic mass is 14.2. The molecule has 0 saturated heterocycles. The van der Waals surface area contributed by atoms with E-state index >= 15 is 0 Å². The molecular weight excluding hydrogens is 504 g/mol. The summed E-state index contributed by atoms with van der Waals surface area (Å²) in [5.74, 6) is 0. The third-order valence-electron chi connectivity index (χ3n) is 8.84. The van der Waals surface area contributed by atoms with E-state index in [1.54, 1.807) is 0 Å². The van der Waals surface area contributed by atoms with Gasteiger partial charge >= 0.3 is 0 Å². The minimum atomic E-state index is 1.26. The van der Waals surface area contributed by atoms with Gasteiger partial charge in [0, 0.05) is 0 Å². The molecule has 0 aliphatic rings. The summed E-state index contributed by atoms with van der Waals surface area (Å²) in [5.41, 5.74) is 15.4. The summed E-state index contributed by atoms with van der Waals surface area (Å²) in [4.78, 5) is 0. The van der Waals surface area contributed by atoms with Crippen molar-refractivity contribution < 1.29 is 0 Å². The second-order valence-corrected chi connectivity index (χ2v) is 11.5. The molecule has 0 heteroatoms. The summed E-state index contributed by atoms with van der Waals surface area (Å²) >= 11 is 0. The highest BCUT2D eigenvalue weighted by Crippen LogP contribution is 2.47. The average molecular weight is 539 g/mol. The van der Waals surface area contributed by atoms with Gasteiger partial charge in [0.05, 0.1) is 0 Å². The van der Waals surface area contributed by atoms with Gasteiger partial charge in [-0.2, -0.15) is 0 Å². The number of hydrogen-bond donors (Lipinski definition) is 0. The fourth-order valence-electron chi connectivity index (χ4n) is 6.65. The summed E-state index contributed by atoms with van der Waals surface area (Å²) in [6.07, 6.45) is 0. The molecule has 0 aliphatic heterocycles. The van der Waals surface area contributed by atoms with Gasteiger partial charge in [-0.1, -0.05) is 121 Å². The zero-order valence-corrected chi connectivity index (χ0v) is 24.7. The summed E-state index contributed by atoms with van der Waals surface area (Å²) in [5, 5.41) is 5.13. The van der Waals surface area contributed by atoms with E-state index in [1.165, 1.54) is 88.3 Å². The fraction of sp³-hybridized carbons (Fsp3) is 0.0952. The van der Waals surface area contributed by atoms with Gasteiger partial charge in [-0.05, 0) is 128 Å². The van der Waals surface area contributed by atoms with Crippen molar-refractivity contribution in [3.63, 3.8) is 0 Å². The molecular formula is C42H34. The van der Waals surface area contributed by atoms with Crippen LogP contribution in [0.3, 0.4) is 0 Å². The standard InChI is InChI=1S/C42H34/c1-27-13-5-9-17-34(27)31-21-23-38-33(25-31)26-32-22-24-39(35-18-10-6-14-28(35)2)42(37-20-12-8-16-30(37)4)40(32)41(38)36-19-11-7-15-29(36)3/h5-26H,1-4H3. The van der Waals surface area contributed by atoms with Gasteiger partial charge in [0.25, 0.3) is 0 Å². The Balaban J connectivity index is 1.68. The van der Waals surface area contributed by atoms with Crippen LogP contribution < -0.4 is 0 Å². The lowest BCUT2D eigenvalue weighted by atomic mass is 9.81. The predicted octanol–water partition coefficient (Wildman–Crippen LogP) is 11.9. The third-order valence-corrected chi connectivity index (χ3v) is 8.84. The van der Waals surface area contributed by atoms with Crippen molar-refractivity contribution in [2.24, 2.45) is 0 Å². The first-order chi connectivity index (χ1) is 20.5. The van der Waals surface area contributed by atoms with Gasteiger partial charge in [0.15, 0.2) is 0 Å². The molecule has 0 nitrogen and oxygen atoms in total. The smallest absolute Gasteiger partial charge is 0.00139 e. The second-order valence-electron chi connectivity index (χ2n) is 11.5. The van der Waals surface area contributed by atoms with Crippen molar-refractivity contribution >= 4 is 21.5 Å². The van der Waals surface area contributed by atoms with Gasteiger partial charge in [-0.25, -0.2) is 0 Å². The summed E-state index contributed by atoms with van der Waals surface area (Å²) in [7, 11) is 0. The van der Waals surface area contributed by atoms with Gasteiger partial charge in [-0.3, -0.25) is 0 Å². The lowest BCUT2D eigenvalue weighted by molar-refractivity contribution is 1.44. The van der Waals surface area contributed by atoms with Crippen molar-refractivity contribution in [2.45, 2.75) is 27.7 Å². The molecule has 7 aromatic rings. The Morgan fingerprint density at radius 1 is 0.333 bits per heavy atom. The molecule has 0 unspecified atom stereocenters. The Morgan fingerprint density at radius 2 is 0.833 bits per heavy atom. The number of benzene rings is 7. The number of aryl methyl sites for hydroxylation is 4. The largest absolute Gasteiger partial charge is 0.0620 e. The van der Waals surface area contributed by atoms with Crippen LogP contribution in [-0.4, -0.2) is 0 Å². The zero-order chi connectivity index (χ0) is 28.8. The highest BCUT2D eigenvalue weighted by molar-refractivity contribution is 6.20. The van der Waals surface area contributed by atoms with Crippen LogP contribution in [0.15, 0.2) is 133 Å². The second kappa shape index (κ2) is 10.5. The van der Waals surface area contributed by atoms with Crippen LogP contribution in [0.2, 0.25) is 0 Å². The molecule has 0 aliphatic carbocycles. The van der Waals surface area contributed by atoms with E-state index in [0.29, 0.717) is 0 Å². The van der Waals surface area contributed by atoms with Crippen molar-refractivity contribution in [2.75, 3.05) is 0 Å². The molecule has 0 atom stereocenters. The van der Waals surface area contributed by atoms with Gasteiger partial charge < -0.3 is 0 Å². The van der Waals surface area contributed by atoms with E-state index in [4.69, 9.17) is 0 Å². The molecule has 7 aromatic carbocycles. The number of fused-ring (bicyclic) bond motifs is 2. The van der Waals surface area contributed by atoms with Crippen LogP contribution in [0.1, 0.15) is 22.3 Å². The normalized spacial score (nSPS) is 11.3.